The fourth-order valence-corrected chi connectivity index (χ4v) is 3.72. The topological polar surface area (TPSA) is 75.7 Å². The van der Waals surface area contributed by atoms with Gasteiger partial charge >= 0.3 is 0 Å². The number of carbonyl (C=O) groups excluding carboxylic acids is 1. The summed E-state index contributed by atoms with van der Waals surface area (Å²) in [4.78, 5) is 14.4. The van der Waals surface area contributed by atoms with Gasteiger partial charge in [0.15, 0.2) is 0 Å². The number of hydrogen-bond acceptors (Lipinski definition) is 4. The normalized spacial score (nSPS) is 11.4. The van der Waals surface area contributed by atoms with Crippen LogP contribution in [0.5, 0.6) is 0 Å². The van der Waals surface area contributed by atoms with Crippen molar-refractivity contribution >= 4 is 15.9 Å². The van der Waals surface area contributed by atoms with Crippen molar-refractivity contribution in [2.45, 2.75) is 25.3 Å². The van der Waals surface area contributed by atoms with Gasteiger partial charge in [-0.3, -0.25) is 4.79 Å². The molecular weight excluding hydrogens is 364 g/mol. The smallest absolute Gasteiger partial charge is 0.253 e. The minimum Gasteiger partial charge on any atom is -0.383 e. The lowest BCUT2D eigenvalue weighted by Crippen LogP contribution is -2.28. The van der Waals surface area contributed by atoms with Gasteiger partial charge in [0.2, 0.25) is 10.0 Å². The predicted octanol–water partition coefficient (Wildman–Crippen LogP) is 2.50. The molecule has 146 valence electrons. The van der Waals surface area contributed by atoms with Crippen LogP contribution < -0.4 is 4.72 Å². The Kier molecular flexibility index (Phi) is 7.12. The highest BCUT2D eigenvalue weighted by atomic mass is 32.2. The van der Waals surface area contributed by atoms with Crippen LogP contribution in [0.1, 0.15) is 27.0 Å². The maximum atomic E-state index is 12.6. The second-order valence-corrected chi connectivity index (χ2v) is 8.27. The number of nitrogens with one attached hydrogen (secondary N) is 1. The van der Waals surface area contributed by atoms with Crippen molar-refractivity contribution in [3.05, 3.63) is 64.7 Å². The molecule has 0 radical (unpaired) electrons. The molecule has 0 saturated heterocycles. The van der Waals surface area contributed by atoms with E-state index in [1.54, 1.807) is 11.9 Å². The summed E-state index contributed by atoms with van der Waals surface area (Å²) in [6.45, 7) is 5.03. The minimum atomic E-state index is -3.61. The van der Waals surface area contributed by atoms with Crippen LogP contribution in [0.3, 0.4) is 0 Å². The van der Waals surface area contributed by atoms with Gasteiger partial charge < -0.3 is 9.64 Å². The molecule has 7 heteroatoms. The Morgan fingerprint density at radius 3 is 2.37 bits per heavy atom. The van der Waals surface area contributed by atoms with Crippen molar-refractivity contribution in [3.63, 3.8) is 0 Å². The molecule has 0 spiro atoms. The van der Waals surface area contributed by atoms with E-state index in [0.717, 1.165) is 11.1 Å². The van der Waals surface area contributed by atoms with Crippen molar-refractivity contribution in [1.82, 2.24) is 9.62 Å². The Labute approximate surface area is 161 Å². The second-order valence-electron chi connectivity index (χ2n) is 6.51. The van der Waals surface area contributed by atoms with E-state index in [1.807, 2.05) is 26.0 Å². The molecule has 0 aromatic heterocycles. The fourth-order valence-electron chi connectivity index (χ4n) is 2.71. The largest absolute Gasteiger partial charge is 0.383 e. The number of ether oxygens (including phenoxy) is 1. The first-order valence-corrected chi connectivity index (χ1v) is 10.1. The third-order valence-electron chi connectivity index (χ3n) is 4.26. The number of hydrogen-bond donors (Lipinski definition) is 1. The second kappa shape index (κ2) is 9.12. The summed E-state index contributed by atoms with van der Waals surface area (Å²) in [5.74, 6) is -0.161. The molecule has 0 fully saturated rings. The standard InChI is InChI=1S/C20H26N2O4S/c1-15-5-6-18(16(2)13-15)14-22(3)20(23)17-7-9-19(10-8-17)27(24,25)21-11-12-26-4/h5-10,13,21H,11-12,14H2,1-4H3. The van der Waals surface area contributed by atoms with E-state index >= 15 is 0 Å². The summed E-state index contributed by atoms with van der Waals surface area (Å²) in [7, 11) is -0.370. The van der Waals surface area contributed by atoms with Crippen LogP contribution in [0.2, 0.25) is 0 Å². The SMILES string of the molecule is COCCNS(=O)(=O)c1ccc(C(=O)N(C)Cc2ccc(C)cc2C)cc1. The maximum Gasteiger partial charge on any atom is 0.253 e. The Hall–Kier alpha value is -2.22. The number of rotatable bonds is 8. The van der Waals surface area contributed by atoms with Crippen molar-refractivity contribution in [1.29, 1.82) is 0 Å². The zero-order valence-corrected chi connectivity index (χ0v) is 17.0. The quantitative estimate of drug-likeness (QED) is 0.703. The average Bonchev–Trinajstić information content (AvgIpc) is 2.63. The van der Waals surface area contributed by atoms with Crippen LogP contribution >= 0.6 is 0 Å². The Balaban J connectivity index is 2.08. The van der Waals surface area contributed by atoms with E-state index in [9.17, 15) is 13.2 Å². The molecule has 2 aromatic rings. The first-order chi connectivity index (χ1) is 12.7. The molecule has 0 aliphatic heterocycles. The van der Waals surface area contributed by atoms with E-state index in [2.05, 4.69) is 10.8 Å². The van der Waals surface area contributed by atoms with E-state index in [4.69, 9.17) is 4.74 Å². The lowest BCUT2D eigenvalue weighted by Gasteiger charge is -2.19. The number of methoxy groups -OCH3 is 1. The number of amides is 1. The van der Waals surface area contributed by atoms with Crippen LogP contribution in [0.4, 0.5) is 0 Å². The Bertz CT molecular complexity index is 893. The fraction of sp³-hybridized carbons (Fsp3) is 0.350. The Morgan fingerprint density at radius 1 is 1.11 bits per heavy atom. The number of carbonyl (C=O) groups is 1. The number of aryl methyl sites for hydroxylation is 2. The van der Waals surface area contributed by atoms with Gasteiger partial charge in [0.25, 0.3) is 5.91 Å². The summed E-state index contributed by atoms with van der Waals surface area (Å²) < 4.78 is 31.6. The molecule has 2 aromatic carbocycles. The highest BCUT2D eigenvalue weighted by Gasteiger charge is 2.16. The molecule has 0 heterocycles. The van der Waals surface area contributed by atoms with Gasteiger partial charge in [-0.15, -0.1) is 0 Å². The summed E-state index contributed by atoms with van der Waals surface area (Å²) in [5, 5.41) is 0. The molecule has 0 saturated carbocycles. The highest BCUT2D eigenvalue weighted by molar-refractivity contribution is 7.89. The minimum absolute atomic E-state index is 0.118. The van der Waals surface area contributed by atoms with E-state index in [1.165, 1.54) is 36.9 Å². The zero-order valence-electron chi connectivity index (χ0n) is 16.2. The molecule has 2 rings (SSSR count). The van der Waals surface area contributed by atoms with Crippen molar-refractivity contribution in [2.75, 3.05) is 27.3 Å². The van der Waals surface area contributed by atoms with Crippen molar-refractivity contribution in [2.24, 2.45) is 0 Å². The molecule has 0 aliphatic rings. The van der Waals surface area contributed by atoms with Gasteiger partial charge in [0.05, 0.1) is 11.5 Å². The molecular formula is C20H26N2O4S. The van der Waals surface area contributed by atoms with Crippen LogP contribution in [-0.2, 0) is 21.3 Å². The van der Waals surface area contributed by atoms with E-state index in [-0.39, 0.29) is 17.3 Å². The summed E-state index contributed by atoms with van der Waals surface area (Å²) in [5.41, 5.74) is 3.84. The summed E-state index contributed by atoms with van der Waals surface area (Å²) in [6, 6.07) is 12.1. The van der Waals surface area contributed by atoms with Gasteiger partial charge in [0.1, 0.15) is 0 Å². The molecule has 1 amide bonds. The first-order valence-electron chi connectivity index (χ1n) is 8.65. The maximum absolute atomic E-state index is 12.6. The number of sulfonamides is 1. The van der Waals surface area contributed by atoms with Crippen molar-refractivity contribution in [3.8, 4) is 0 Å². The Morgan fingerprint density at radius 2 is 1.78 bits per heavy atom. The highest BCUT2D eigenvalue weighted by Crippen LogP contribution is 2.16. The molecule has 0 aliphatic carbocycles. The first kappa shape index (κ1) is 21.1. The summed E-state index contributed by atoms with van der Waals surface area (Å²) in [6.07, 6.45) is 0. The van der Waals surface area contributed by atoms with E-state index < -0.39 is 10.0 Å². The van der Waals surface area contributed by atoms with E-state index in [0.29, 0.717) is 18.7 Å². The van der Waals surface area contributed by atoms with Gasteiger partial charge in [-0.1, -0.05) is 23.8 Å². The van der Waals surface area contributed by atoms with Gasteiger partial charge in [-0.05, 0) is 49.2 Å². The third kappa shape index (κ3) is 5.63. The third-order valence-corrected chi connectivity index (χ3v) is 5.74. The van der Waals surface area contributed by atoms with Gasteiger partial charge in [-0.25, -0.2) is 13.1 Å². The zero-order chi connectivity index (χ0) is 20.0. The van der Waals surface area contributed by atoms with Crippen LogP contribution in [0.25, 0.3) is 0 Å². The van der Waals surface area contributed by atoms with Crippen LogP contribution in [0, 0.1) is 13.8 Å². The molecule has 27 heavy (non-hydrogen) atoms. The number of benzene rings is 2. The van der Waals surface area contributed by atoms with Gasteiger partial charge in [0, 0.05) is 32.8 Å². The lowest BCUT2D eigenvalue weighted by atomic mass is 10.1. The molecule has 6 nitrogen and oxygen atoms in total. The average molecular weight is 391 g/mol. The molecule has 0 unspecified atom stereocenters. The van der Waals surface area contributed by atoms with Crippen molar-refractivity contribution < 1.29 is 17.9 Å². The molecule has 0 bridgehead atoms. The molecule has 1 N–H and O–H groups in total. The predicted molar refractivity (Wildman–Crippen MR) is 105 cm³/mol. The number of nitrogens with zero attached hydrogens (tertiary/aromatic N) is 1. The van der Waals surface area contributed by atoms with Crippen LogP contribution in [0.15, 0.2) is 47.4 Å². The monoisotopic (exact) mass is 390 g/mol. The lowest BCUT2D eigenvalue weighted by molar-refractivity contribution is 0.0785. The molecule has 0 atom stereocenters. The summed E-state index contributed by atoms with van der Waals surface area (Å²) >= 11 is 0. The van der Waals surface area contributed by atoms with Gasteiger partial charge in [-0.2, -0.15) is 0 Å². The van der Waals surface area contributed by atoms with Crippen LogP contribution in [-0.4, -0.2) is 46.5 Å².